The zero-order valence-corrected chi connectivity index (χ0v) is 8.72. The van der Waals surface area contributed by atoms with Gasteiger partial charge in [-0.15, -0.1) is 0 Å². The standard InChI is InChI=1S/C10H19NO2/c1-5-13-9(4)6-7-11-10(12)8(2)3/h9H,2,5-7H2,1,3-4H3,(H,11,12). The fourth-order valence-corrected chi connectivity index (χ4v) is 0.908. The molecule has 0 aliphatic rings. The van der Waals surface area contributed by atoms with E-state index in [0.29, 0.717) is 12.1 Å². The smallest absolute Gasteiger partial charge is 0.246 e. The lowest BCUT2D eigenvalue weighted by molar-refractivity contribution is -0.117. The van der Waals surface area contributed by atoms with Crippen LogP contribution in [0.5, 0.6) is 0 Å². The summed E-state index contributed by atoms with van der Waals surface area (Å²) >= 11 is 0. The number of ether oxygens (including phenoxy) is 1. The molecular formula is C10H19NO2. The molecule has 1 amide bonds. The maximum atomic E-state index is 11.0. The van der Waals surface area contributed by atoms with Crippen molar-refractivity contribution in [2.24, 2.45) is 0 Å². The molecule has 0 aliphatic carbocycles. The summed E-state index contributed by atoms with van der Waals surface area (Å²) in [5.74, 6) is -0.0799. The topological polar surface area (TPSA) is 38.3 Å². The lowest BCUT2D eigenvalue weighted by Gasteiger charge is -2.11. The number of carbonyl (C=O) groups is 1. The van der Waals surface area contributed by atoms with Crippen LogP contribution >= 0.6 is 0 Å². The highest BCUT2D eigenvalue weighted by Gasteiger charge is 2.03. The second-order valence-electron chi connectivity index (χ2n) is 3.09. The van der Waals surface area contributed by atoms with Gasteiger partial charge in [0.2, 0.25) is 5.91 Å². The first-order valence-corrected chi connectivity index (χ1v) is 4.63. The van der Waals surface area contributed by atoms with Crippen LogP contribution in [0.4, 0.5) is 0 Å². The molecule has 0 aromatic carbocycles. The van der Waals surface area contributed by atoms with E-state index in [4.69, 9.17) is 4.74 Å². The van der Waals surface area contributed by atoms with Gasteiger partial charge in [0.25, 0.3) is 0 Å². The SMILES string of the molecule is C=C(C)C(=O)NCCC(C)OCC. The largest absolute Gasteiger partial charge is 0.379 e. The Balaban J connectivity index is 3.44. The van der Waals surface area contributed by atoms with Gasteiger partial charge in [-0.3, -0.25) is 4.79 Å². The minimum Gasteiger partial charge on any atom is -0.379 e. The minimum absolute atomic E-state index is 0.0799. The van der Waals surface area contributed by atoms with E-state index in [2.05, 4.69) is 11.9 Å². The van der Waals surface area contributed by atoms with E-state index in [1.165, 1.54) is 0 Å². The van der Waals surface area contributed by atoms with Gasteiger partial charge in [0.1, 0.15) is 0 Å². The third kappa shape index (κ3) is 6.34. The second kappa shape index (κ2) is 6.66. The molecule has 0 spiro atoms. The van der Waals surface area contributed by atoms with Gasteiger partial charge in [-0.25, -0.2) is 0 Å². The number of carbonyl (C=O) groups excluding carboxylic acids is 1. The van der Waals surface area contributed by atoms with Crippen LogP contribution in [-0.4, -0.2) is 25.2 Å². The summed E-state index contributed by atoms with van der Waals surface area (Å²) in [6.07, 6.45) is 1.04. The molecule has 0 aliphatic heterocycles. The second-order valence-corrected chi connectivity index (χ2v) is 3.09. The van der Waals surface area contributed by atoms with E-state index in [-0.39, 0.29) is 12.0 Å². The summed E-state index contributed by atoms with van der Waals surface area (Å²) in [7, 11) is 0. The molecule has 1 unspecified atom stereocenters. The highest BCUT2D eigenvalue weighted by molar-refractivity contribution is 5.91. The molecular weight excluding hydrogens is 166 g/mol. The van der Waals surface area contributed by atoms with Crippen molar-refractivity contribution in [2.75, 3.05) is 13.2 Å². The normalized spacial score (nSPS) is 12.2. The van der Waals surface area contributed by atoms with Crippen molar-refractivity contribution in [3.05, 3.63) is 12.2 Å². The van der Waals surface area contributed by atoms with Crippen LogP contribution in [0, 0.1) is 0 Å². The summed E-state index contributed by atoms with van der Waals surface area (Å²) < 4.78 is 5.31. The van der Waals surface area contributed by atoms with Gasteiger partial charge in [-0.1, -0.05) is 6.58 Å². The van der Waals surface area contributed by atoms with E-state index in [1.54, 1.807) is 6.92 Å². The molecule has 0 aromatic heterocycles. The fourth-order valence-electron chi connectivity index (χ4n) is 0.908. The first-order valence-electron chi connectivity index (χ1n) is 4.63. The van der Waals surface area contributed by atoms with Gasteiger partial charge in [0, 0.05) is 18.7 Å². The molecule has 3 nitrogen and oxygen atoms in total. The van der Waals surface area contributed by atoms with Crippen LogP contribution < -0.4 is 5.32 Å². The van der Waals surface area contributed by atoms with Crippen LogP contribution in [0.1, 0.15) is 27.2 Å². The molecule has 0 saturated heterocycles. The number of hydrogen-bond acceptors (Lipinski definition) is 2. The van der Waals surface area contributed by atoms with Gasteiger partial charge in [-0.2, -0.15) is 0 Å². The Morgan fingerprint density at radius 2 is 2.23 bits per heavy atom. The number of nitrogens with one attached hydrogen (secondary N) is 1. The minimum atomic E-state index is -0.0799. The molecule has 0 fully saturated rings. The molecule has 1 atom stereocenters. The fraction of sp³-hybridized carbons (Fsp3) is 0.700. The Labute approximate surface area is 80.2 Å². The predicted molar refractivity (Wildman–Crippen MR) is 53.5 cm³/mol. The van der Waals surface area contributed by atoms with Crippen molar-refractivity contribution in [3.8, 4) is 0 Å². The van der Waals surface area contributed by atoms with Crippen molar-refractivity contribution >= 4 is 5.91 Å². The lowest BCUT2D eigenvalue weighted by atomic mass is 10.2. The summed E-state index contributed by atoms with van der Waals surface area (Å²) in [6.45, 7) is 10.6. The summed E-state index contributed by atoms with van der Waals surface area (Å²) in [6, 6.07) is 0. The van der Waals surface area contributed by atoms with Crippen LogP contribution in [0.15, 0.2) is 12.2 Å². The van der Waals surface area contributed by atoms with Gasteiger partial charge >= 0.3 is 0 Å². The molecule has 0 bridgehead atoms. The van der Waals surface area contributed by atoms with Gasteiger partial charge in [0.15, 0.2) is 0 Å². The molecule has 13 heavy (non-hydrogen) atoms. The Morgan fingerprint density at radius 3 is 2.69 bits per heavy atom. The third-order valence-corrected chi connectivity index (χ3v) is 1.68. The Morgan fingerprint density at radius 1 is 1.62 bits per heavy atom. The van der Waals surface area contributed by atoms with E-state index < -0.39 is 0 Å². The molecule has 3 heteroatoms. The van der Waals surface area contributed by atoms with Crippen molar-refractivity contribution in [2.45, 2.75) is 33.3 Å². The Bertz CT molecular complexity index is 178. The van der Waals surface area contributed by atoms with Crippen LogP contribution in [0.3, 0.4) is 0 Å². The van der Waals surface area contributed by atoms with E-state index in [0.717, 1.165) is 13.0 Å². The summed E-state index contributed by atoms with van der Waals surface area (Å²) in [5.41, 5.74) is 0.545. The highest BCUT2D eigenvalue weighted by atomic mass is 16.5. The molecule has 76 valence electrons. The lowest BCUT2D eigenvalue weighted by Crippen LogP contribution is -2.27. The van der Waals surface area contributed by atoms with E-state index in [9.17, 15) is 4.79 Å². The number of rotatable bonds is 6. The summed E-state index contributed by atoms with van der Waals surface area (Å²) in [4.78, 5) is 11.0. The Kier molecular flexibility index (Phi) is 6.24. The molecule has 0 radical (unpaired) electrons. The first kappa shape index (κ1) is 12.2. The molecule has 1 N–H and O–H groups in total. The third-order valence-electron chi connectivity index (χ3n) is 1.68. The van der Waals surface area contributed by atoms with Crippen LogP contribution in [0.25, 0.3) is 0 Å². The first-order chi connectivity index (χ1) is 6.07. The van der Waals surface area contributed by atoms with Crippen molar-refractivity contribution in [1.82, 2.24) is 5.32 Å². The van der Waals surface area contributed by atoms with Gasteiger partial charge in [-0.05, 0) is 27.2 Å². The molecule has 0 saturated carbocycles. The van der Waals surface area contributed by atoms with Gasteiger partial charge in [0.05, 0.1) is 6.10 Å². The zero-order chi connectivity index (χ0) is 10.3. The monoisotopic (exact) mass is 185 g/mol. The van der Waals surface area contributed by atoms with Crippen molar-refractivity contribution in [3.63, 3.8) is 0 Å². The van der Waals surface area contributed by atoms with Crippen LogP contribution in [0.2, 0.25) is 0 Å². The molecule has 0 heterocycles. The summed E-state index contributed by atoms with van der Waals surface area (Å²) in [5, 5.41) is 2.75. The highest BCUT2D eigenvalue weighted by Crippen LogP contribution is 1.95. The molecule has 0 rings (SSSR count). The quantitative estimate of drug-likeness (QED) is 0.637. The van der Waals surface area contributed by atoms with Crippen molar-refractivity contribution in [1.29, 1.82) is 0 Å². The van der Waals surface area contributed by atoms with Crippen molar-refractivity contribution < 1.29 is 9.53 Å². The van der Waals surface area contributed by atoms with E-state index in [1.807, 2.05) is 13.8 Å². The van der Waals surface area contributed by atoms with E-state index >= 15 is 0 Å². The predicted octanol–water partition coefficient (Wildman–Crippen LogP) is 1.49. The van der Waals surface area contributed by atoms with Gasteiger partial charge < -0.3 is 10.1 Å². The average molecular weight is 185 g/mol. The maximum absolute atomic E-state index is 11.0. The Hall–Kier alpha value is -0.830. The zero-order valence-electron chi connectivity index (χ0n) is 8.72. The van der Waals surface area contributed by atoms with Crippen LogP contribution in [-0.2, 0) is 9.53 Å². The number of amides is 1. The molecule has 0 aromatic rings. The number of hydrogen-bond donors (Lipinski definition) is 1. The average Bonchev–Trinajstić information content (AvgIpc) is 2.04. The maximum Gasteiger partial charge on any atom is 0.246 e.